The third-order valence-corrected chi connectivity index (χ3v) is 10.2. The zero-order valence-corrected chi connectivity index (χ0v) is 33.8. The van der Waals surface area contributed by atoms with Crippen LogP contribution in [0.1, 0.15) is 45.6 Å². The molecule has 9 aromatic rings. The second-order valence-corrected chi connectivity index (χ2v) is 14.4. The van der Waals surface area contributed by atoms with Crippen molar-refractivity contribution in [2.75, 3.05) is 0 Å². The highest BCUT2D eigenvalue weighted by Gasteiger charge is 2.10. The predicted octanol–water partition coefficient (Wildman–Crippen LogP) is 13.4. The van der Waals surface area contributed by atoms with Gasteiger partial charge in [0, 0.05) is 47.0 Å². The van der Waals surface area contributed by atoms with Crippen LogP contribution in [0.3, 0.4) is 0 Å². The summed E-state index contributed by atoms with van der Waals surface area (Å²) in [4.78, 5) is 29.5. The molecule has 4 aromatic carbocycles. The molecule has 5 heterocycles. The summed E-state index contributed by atoms with van der Waals surface area (Å²) in [5.74, 6) is 0. The molecule has 0 aliphatic carbocycles. The molecule has 0 radical (unpaired) electrons. The number of nitrogens with zero attached hydrogens (tertiary/aromatic N) is 6. The Hall–Kier alpha value is -8.48. The van der Waals surface area contributed by atoms with Crippen molar-refractivity contribution in [2.24, 2.45) is 0 Å². The predicted molar refractivity (Wildman–Crippen MR) is 256 cm³/mol. The molecular formula is C56H40N6. The lowest BCUT2D eigenvalue weighted by atomic mass is 10.1. The Labute approximate surface area is 361 Å². The molecule has 0 spiro atoms. The van der Waals surface area contributed by atoms with Crippen LogP contribution in [-0.2, 0) is 0 Å². The van der Waals surface area contributed by atoms with Crippen LogP contribution < -0.4 is 0 Å². The minimum Gasteiger partial charge on any atom is -0.256 e. The third kappa shape index (κ3) is 9.85. The fourth-order valence-corrected chi connectivity index (χ4v) is 6.86. The molecule has 6 nitrogen and oxygen atoms in total. The Bertz CT molecular complexity index is 2570. The molecule has 6 heteroatoms. The molecule has 0 atom stereocenters. The summed E-state index contributed by atoms with van der Waals surface area (Å²) in [6.45, 7) is 0. The van der Waals surface area contributed by atoms with Crippen LogP contribution >= 0.6 is 0 Å². The van der Waals surface area contributed by atoms with E-state index in [1.165, 1.54) is 0 Å². The standard InChI is InChI=1S/C56H40N6/c1-5-13-41(14-6-1)45-21-25-49(57-37-45)29-33-53-54(34-30-50-26-22-46(38-58-50)42-15-7-2-8-16-42)62-56(36-32-52-28-24-48(40-60-52)44-19-11-4-12-20-44)55(61-53)35-31-51-27-23-47(39-59-51)43-17-9-3-10-18-43/h1-40H. The van der Waals surface area contributed by atoms with E-state index in [1.54, 1.807) is 0 Å². The van der Waals surface area contributed by atoms with Gasteiger partial charge in [0.15, 0.2) is 0 Å². The molecule has 0 amide bonds. The van der Waals surface area contributed by atoms with E-state index in [-0.39, 0.29) is 0 Å². The van der Waals surface area contributed by atoms with Gasteiger partial charge in [0.2, 0.25) is 0 Å². The summed E-state index contributed by atoms with van der Waals surface area (Å²) >= 11 is 0. The van der Waals surface area contributed by atoms with Crippen LogP contribution in [0.4, 0.5) is 0 Å². The Morgan fingerprint density at radius 2 is 0.435 bits per heavy atom. The number of hydrogen-bond acceptors (Lipinski definition) is 6. The van der Waals surface area contributed by atoms with Crippen molar-refractivity contribution in [3.63, 3.8) is 0 Å². The summed E-state index contributed by atoms with van der Waals surface area (Å²) in [6, 6.07) is 57.3. The Kier molecular flexibility index (Phi) is 12.0. The van der Waals surface area contributed by atoms with Gasteiger partial charge in [0.25, 0.3) is 0 Å². The highest BCUT2D eigenvalue weighted by Crippen LogP contribution is 2.24. The number of aromatic nitrogens is 6. The maximum Gasteiger partial charge on any atom is 0.0895 e. The maximum absolute atomic E-state index is 5.23. The van der Waals surface area contributed by atoms with Gasteiger partial charge in [-0.15, -0.1) is 0 Å². The highest BCUT2D eigenvalue weighted by atomic mass is 14.8. The van der Waals surface area contributed by atoms with Crippen molar-refractivity contribution in [3.8, 4) is 44.5 Å². The van der Waals surface area contributed by atoms with Crippen LogP contribution in [0.2, 0.25) is 0 Å². The first-order chi connectivity index (χ1) is 30.7. The van der Waals surface area contributed by atoms with Gasteiger partial charge in [-0.05, 0) is 95.1 Å². The second-order valence-electron chi connectivity index (χ2n) is 14.4. The van der Waals surface area contributed by atoms with Gasteiger partial charge in [-0.25, -0.2) is 9.97 Å². The number of hydrogen-bond donors (Lipinski definition) is 0. The van der Waals surface area contributed by atoms with E-state index >= 15 is 0 Å². The SMILES string of the molecule is C(=Cc1nc(C=Cc2ccc(-c3ccccc3)cn2)c(C=Cc2ccc(-c3ccccc3)cn2)nc1C=Cc1ccc(-c2ccccc2)cn1)c1ccc(-c2ccccc2)cn1. The molecule has 0 aliphatic rings. The lowest BCUT2D eigenvalue weighted by molar-refractivity contribution is 1.12. The minimum absolute atomic E-state index is 0.672. The van der Waals surface area contributed by atoms with Crippen LogP contribution in [0.5, 0.6) is 0 Å². The number of rotatable bonds is 12. The van der Waals surface area contributed by atoms with Gasteiger partial charge < -0.3 is 0 Å². The molecule has 0 fully saturated rings. The summed E-state index contributed by atoms with van der Waals surface area (Å²) in [6.07, 6.45) is 23.3. The zero-order valence-electron chi connectivity index (χ0n) is 33.8. The number of pyridine rings is 4. The van der Waals surface area contributed by atoms with Crippen molar-refractivity contribution in [1.29, 1.82) is 0 Å². The molecule has 5 aromatic heterocycles. The van der Waals surface area contributed by atoms with E-state index in [9.17, 15) is 0 Å². The smallest absolute Gasteiger partial charge is 0.0895 e. The quantitative estimate of drug-likeness (QED) is 0.123. The van der Waals surface area contributed by atoms with Gasteiger partial charge in [-0.3, -0.25) is 19.9 Å². The summed E-state index contributed by atoms with van der Waals surface area (Å²) in [5, 5.41) is 0. The van der Waals surface area contributed by atoms with Crippen molar-refractivity contribution < 1.29 is 0 Å². The first kappa shape index (κ1) is 39.0. The highest BCUT2D eigenvalue weighted by molar-refractivity contribution is 5.81. The van der Waals surface area contributed by atoms with Crippen LogP contribution in [0.15, 0.2) is 195 Å². The Morgan fingerprint density at radius 3 is 0.629 bits per heavy atom. The van der Waals surface area contributed by atoms with E-state index in [0.29, 0.717) is 22.8 Å². The summed E-state index contributed by atoms with van der Waals surface area (Å²) < 4.78 is 0. The molecule has 0 N–H and O–H groups in total. The number of benzene rings is 4. The lowest BCUT2D eigenvalue weighted by Crippen LogP contribution is -2.00. The molecule has 0 aliphatic heterocycles. The fraction of sp³-hybridized carbons (Fsp3) is 0. The molecule has 62 heavy (non-hydrogen) atoms. The van der Waals surface area contributed by atoms with E-state index < -0.39 is 0 Å². The first-order valence-electron chi connectivity index (χ1n) is 20.4. The monoisotopic (exact) mass is 796 g/mol. The van der Waals surface area contributed by atoms with Crippen molar-refractivity contribution in [2.45, 2.75) is 0 Å². The van der Waals surface area contributed by atoms with Crippen molar-refractivity contribution in [3.05, 3.63) is 240 Å². The third-order valence-electron chi connectivity index (χ3n) is 10.2. The van der Waals surface area contributed by atoms with Crippen LogP contribution in [-0.4, -0.2) is 29.9 Å². The Balaban J connectivity index is 1.09. The van der Waals surface area contributed by atoms with Gasteiger partial charge in [0.05, 0.1) is 45.6 Å². The second kappa shape index (κ2) is 19.1. The van der Waals surface area contributed by atoms with Crippen molar-refractivity contribution in [1.82, 2.24) is 29.9 Å². The maximum atomic E-state index is 5.23. The van der Waals surface area contributed by atoms with E-state index in [4.69, 9.17) is 29.9 Å². The topological polar surface area (TPSA) is 77.3 Å². The van der Waals surface area contributed by atoms with E-state index in [2.05, 4.69) is 72.8 Å². The van der Waals surface area contributed by atoms with Gasteiger partial charge in [-0.2, -0.15) is 0 Å². The van der Waals surface area contributed by atoms with Crippen molar-refractivity contribution >= 4 is 48.6 Å². The molecular weight excluding hydrogens is 757 g/mol. The normalized spacial score (nSPS) is 11.6. The van der Waals surface area contributed by atoms with E-state index in [1.807, 2.05) is 170 Å². The largest absolute Gasteiger partial charge is 0.256 e. The molecule has 0 unspecified atom stereocenters. The van der Waals surface area contributed by atoms with Gasteiger partial charge in [-0.1, -0.05) is 146 Å². The van der Waals surface area contributed by atoms with Gasteiger partial charge in [0.1, 0.15) is 0 Å². The lowest BCUT2D eigenvalue weighted by Gasteiger charge is -2.08. The molecule has 0 saturated heterocycles. The average molecular weight is 797 g/mol. The Morgan fingerprint density at radius 1 is 0.210 bits per heavy atom. The van der Waals surface area contributed by atoms with Crippen LogP contribution in [0, 0.1) is 0 Å². The molecule has 9 rings (SSSR count). The first-order valence-corrected chi connectivity index (χ1v) is 20.4. The molecule has 294 valence electrons. The molecule has 0 saturated carbocycles. The summed E-state index contributed by atoms with van der Waals surface area (Å²) in [5.41, 5.74) is 14.6. The minimum atomic E-state index is 0.672. The molecule has 0 bridgehead atoms. The van der Waals surface area contributed by atoms with E-state index in [0.717, 1.165) is 67.3 Å². The van der Waals surface area contributed by atoms with Gasteiger partial charge >= 0.3 is 0 Å². The summed E-state index contributed by atoms with van der Waals surface area (Å²) in [7, 11) is 0. The fourth-order valence-electron chi connectivity index (χ4n) is 6.86. The van der Waals surface area contributed by atoms with Crippen LogP contribution in [0.25, 0.3) is 93.1 Å². The average Bonchev–Trinajstić information content (AvgIpc) is 3.36. The zero-order chi connectivity index (χ0) is 41.8.